The van der Waals surface area contributed by atoms with E-state index in [0.717, 1.165) is 12.1 Å². The van der Waals surface area contributed by atoms with E-state index in [0.29, 0.717) is 42.8 Å². The van der Waals surface area contributed by atoms with E-state index in [1.54, 1.807) is 31.7 Å². The smallest absolute Gasteiger partial charge is 0.271 e. The SMILES string of the molecule is CNCC=CC(=O)N1CC(N(CC2CC2)c2cc(-c3cncc(NC)n3)c[nH]c2=O)C1. The van der Waals surface area contributed by atoms with Crippen LogP contribution in [0.25, 0.3) is 11.3 Å². The Morgan fingerprint density at radius 2 is 2.13 bits per heavy atom. The number of pyridine rings is 1. The Labute approximate surface area is 181 Å². The largest absolute Gasteiger partial charge is 0.372 e. The number of carbonyl (C=O) groups is 1. The number of nitrogens with zero attached hydrogens (tertiary/aromatic N) is 4. The number of amides is 1. The highest BCUT2D eigenvalue weighted by Gasteiger charge is 2.37. The maximum Gasteiger partial charge on any atom is 0.271 e. The number of likely N-dealkylation sites (tertiary alicyclic amines) is 1. The van der Waals surface area contributed by atoms with Gasteiger partial charge in [0.1, 0.15) is 11.5 Å². The highest BCUT2D eigenvalue weighted by molar-refractivity contribution is 5.88. The summed E-state index contributed by atoms with van der Waals surface area (Å²) < 4.78 is 0. The Morgan fingerprint density at radius 3 is 2.84 bits per heavy atom. The lowest BCUT2D eigenvalue weighted by Crippen LogP contribution is -2.62. The molecule has 0 atom stereocenters. The Hall–Kier alpha value is -3.20. The van der Waals surface area contributed by atoms with Crippen molar-refractivity contribution >= 4 is 17.4 Å². The molecular formula is C22H29N7O2. The minimum Gasteiger partial charge on any atom is -0.372 e. The van der Waals surface area contributed by atoms with Crippen LogP contribution in [0.3, 0.4) is 0 Å². The normalized spacial score (nSPS) is 16.4. The highest BCUT2D eigenvalue weighted by Crippen LogP contribution is 2.33. The molecule has 2 fully saturated rings. The molecule has 0 radical (unpaired) electrons. The Bertz CT molecular complexity index is 1010. The van der Waals surface area contributed by atoms with Crippen molar-refractivity contribution < 1.29 is 4.79 Å². The highest BCUT2D eigenvalue weighted by atomic mass is 16.2. The zero-order valence-electron chi connectivity index (χ0n) is 18.0. The molecule has 2 aromatic rings. The van der Waals surface area contributed by atoms with Gasteiger partial charge in [-0.25, -0.2) is 4.98 Å². The Morgan fingerprint density at radius 1 is 1.32 bits per heavy atom. The molecule has 0 bridgehead atoms. The van der Waals surface area contributed by atoms with Gasteiger partial charge in [-0.15, -0.1) is 0 Å². The summed E-state index contributed by atoms with van der Waals surface area (Å²) in [7, 11) is 3.64. The van der Waals surface area contributed by atoms with Gasteiger partial charge in [0.15, 0.2) is 0 Å². The van der Waals surface area contributed by atoms with E-state index < -0.39 is 0 Å². The summed E-state index contributed by atoms with van der Waals surface area (Å²) in [5.41, 5.74) is 2.00. The second-order valence-electron chi connectivity index (χ2n) is 8.10. The number of nitrogens with one attached hydrogen (secondary N) is 3. The molecule has 4 rings (SSSR count). The van der Waals surface area contributed by atoms with Crippen LogP contribution < -0.4 is 21.1 Å². The fourth-order valence-electron chi connectivity index (χ4n) is 3.70. The molecule has 2 aliphatic rings. The molecule has 3 heterocycles. The van der Waals surface area contributed by atoms with Gasteiger partial charge in [-0.05, 0) is 31.9 Å². The van der Waals surface area contributed by atoms with E-state index >= 15 is 0 Å². The first-order valence-corrected chi connectivity index (χ1v) is 10.7. The van der Waals surface area contributed by atoms with Gasteiger partial charge in [0.2, 0.25) is 5.91 Å². The summed E-state index contributed by atoms with van der Waals surface area (Å²) in [5, 5.41) is 5.98. The number of hydrogen-bond donors (Lipinski definition) is 3. The number of aromatic nitrogens is 3. The number of carbonyl (C=O) groups excluding carboxylic acids is 1. The van der Waals surface area contributed by atoms with Crippen molar-refractivity contribution in [3.05, 3.63) is 47.2 Å². The standard InChI is InChI=1S/C22H29N7O2/c1-23-7-3-4-21(30)28-13-17(14-28)29(12-15-5-6-15)19-8-16(9-26-22(19)31)18-10-25-11-20(24-2)27-18/h3-4,8-11,15,17,23H,5-7,12-14H2,1-2H3,(H,24,27)(H,26,31). The first kappa shape index (κ1) is 21.0. The zero-order valence-corrected chi connectivity index (χ0v) is 18.0. The van der Waals surface area contributed by atoms with E-state index in [2.05, 4.69) is 30.5 Å². The van der Waals surface area contributed by atoms with Gasteiger partial charge in [-0.3, -0.25) is 14.6 Å². The van der Waals surface area contributed by atoms with Crippen molar-refractivity contribution in [1.29, 1.82) is 0 Å². The molecule has 1 saturated heterocycles. The average Bonchev–Trinajstić information content (AvgIpc) is 3.57. The van der Waals surface area contributed by atoms with Crippen LogP contribution in [0.2, 0.25) is 0 Å². The van der Waals surface area contributed by atoms with E-state index in [-0.39, 0.29) is 17.5 Å². The number of H-pyrrole nitrogens is 1. The Balaban J connectivity index is 1.54. The predicted molar refractivity (Wildman–Crippen MR) is 121 cm³/mol. The second-order valence-corrected chi connectivity index (χ2v) is 8.10. The monoisotopic (exact) mass is 423 g/mol. The topological polar surface area (TPSA) is 106 Å². The van der Waals surface area contributed by atoms with Crippen LogP contribution in [0.15, 0.2) is 41.6 Å². The van der Waals surface area contributed by atoms with Gasteiger partial charge in [-0.2, -0.15) is 0 Å². The first-order chi connectivity index (χ1) is 15.1. The van der Waals surface area contributed by atoms with Crippen molar-refractivity contribution in [1.82, 2.24) is 25.2 Å². The summed E-state index contributed by atoms with van der Waals surface area (Å²) in [6, 6.07) is 2.02. The van der Waals surface area contributed by atoms with Crippen LogP contribution in [0.4, 0.5) is 11.5 Å². The first-order valence-electron chi connectivity index (χ1n) is 10.7. The molecule has 1 aliphatic carbocycles. The minimum atomic E-state index is -0.124. The van der Waals surface area contributed by atoms with Gasteiger partial charge < -0.3 is 25.4 Å². The van der Waals surface area contributed by atoms with Crippen molar-refractivity contribution in [2.24, 2.45) is 5.92 Å². The molecule has 9 nitrogen and oxygen atoms in total. The lowest BCUT2D eigenvalue weighted by molar-refractivity contribution is -0.130. The lowest BCUT2D eigenvalue weighted by atomic mass is 10.0. The molecule has 2 aromatic heterocycles. The van der Waals surface area contributed by atoms with Gasteiger partial charge >= 0.3 is 0 Å². The summed E-state index contributed by atoms with van der Waals surface area (Å²) in [6.07, 6.45) is 10.8. The number of hydrogen-bond acceptors (Lipinski definition) is 7. The van der Waals surface area contributed by atoms with Crippen LogP contribution in [0.5, 0.6) is 0 Å². The molecule has 1 saturated carbocycles. The summed E-state index contributed by atoms with van der Waals surface area (Å²) >= 11 is 0. The van der Waals surface area contributed by atoms with E-state index in [1.165, 1.54) is 12.8 Å². The maximum atomic E-state index is 12.8. The minimum absolute atomic E-state index is 0.0136. The third-order valence-corrected chi connectivity index (χ3v) is 5.73. The number of aromatic amines is 1. The molecule has 31 heavy (non-hydrogen) atoms. The molecule has 9 heteroatoms. The lowest BCUT2D eigenvalue weighted by Gasteiger charge is -2.46. The van der Waals surface area contributed by atoms with Crippen LogP contribution in [-0.2, 0) is 4.79 Å². The van der Waals surface area contributed by atoms with Gasteiger partial charge in [0, 0.05) is 51.1 Å². The van der Waals surface area contributed by atoms with E-state index in [1.807, 2.05) is 24.1 Å². The third-order valence-electron chi connectivity index (χ3n) is 5.73. The molecule has 0 unspecified atom stereocenters. The van der Waals surface area contributed by atoms with Crippen molar-refractivity contribution in [2.75, 3.05) is 50.5 Å². The van der Waals surface area contributed by atoms with Crippen molar-refractivity contribution in [2.45, 2.75) is 18.9 Å². The number of rotatable bonds is 9. The molecule has 0 spiro atoms. The predicted octanol–water partition coefficient (Wildman–Crippen LogP) is 1.08. The summed E-state index contributed by atoms with van der Waals surface area (Å²) in [5.74, 6) is 1.29. The molecule has 1 aliphatic heterocycles. The molecule has 0 aromatic carbocycles. The second kappa shape index (κ2) is 9.30. The van der Waals surface area contributed by atoms with Gasteiger partial charge in [0.05, 0.1) is 24.1 Å². The quantitative estimate of drug-likeness (QED) is 0.518. The van der Waals surface area contributed by atoms with Crippen LogP contribution in [-0.4, -0.2) is 72.1 Å². The van der Waals surface area contributed by atoms with Crippen LogP contribution in [0, 0.1) is 5.92 Å². The number of likely N-dealkylation sites (N-methyl/N-ethyl adjacent to an activating group) is 1. The summed E-state index contributed by atoms with van der Waals surface area (Å²) in [6.45, 7) is 2.73. The fourth-order valence-corrected chi connectivity index (χ4v) is 3.70. The van der Waals surface area contributed by atoms with Crippen LogP contribution in [0.1, 0.15) is 12.8 Å². The van der Waals surface area contributed by atoms with Crippen molar-refractivity contribution in [3.8, 4) is 11.3 Å². The molecular weight excluding hydrogens is 394 g/mol. The molecule has 1 amide bonds. The van der Waals surface area contributed by atoms with Gasteiger partial charge in [-0.1, -0.05) is 6.08 Å². The summed E-state index contributed by atoms with van der Waals surface area (Å²) in [4.78, 5) is 40.7. The molecule has 3 N–H and O–H groups in total. The van der Waals surface area contributed by atoms with E-state index in [9.17, 15) is 9.59 Å². The van der Waals surface area contributed by atoms with Crippen LogP contribution >= 0.6 is 0 Å². The number of anilines is 2. The fraction of sp³-hybridized carbons (Fsp3) is 0.455. The van der Waals surface area contributed by atoms with Gasteiger partial charge in [0.25, 0.3) is 5.56 Å². The average molecular weight is 424 g/mol. The Kier molecular flexibility index (Phi) is 6.31. The van der Waals surface area contributed by atoms with E-state index in [4.69, 9.17) is 0 Å². The molecule has 164 valence electrons. The maximum absolute atomic E-state index is 12.8. The third kappa shape index (κ3) is 4.93. The zero-order chi connectivity index (χ0) is 21.8. The van der Waals surface area contributed by atoms with Crippen molar-refractivity contribution in [3.63, 3.8) is 0 Å².